The van der Waals surface area contributed by atoms with Gasteiger partial charge in [-0.2, -0.15) is 0 Å². The smallest absolute Gasteiger partial charge is 0.260 e. The van der Waals surface area contributed by atoms with Crippen LogP contribution in [0.1, 0.15) is 50.0 Å². The molecule has 0 aliphatic rings. The van der Waals surface area contributed by atoms with Crippen LogP contribution in [0.3, 0.4) is 0 Å². The van der Waals surface area contributed by atoms with E-state index >= 15 is 0 Å². The van der Waals surface area contributed by atoms with E-state index in [-0.39, 0.29) is 11.5 Å². The van der Waals surface area contributed by atoms with E-state index in [4.69, 9.17) is 0 Å². The average molecular weight is 382 g/mol. The van der Waals surface area contributed by atoms with Crippen molar-refractivity contribution in [2.75, 3.05) is 18.8 Å². The molecule has 0 bridgehead atoms. The summed E-state index contributed by atoms with van der Waals surface area (Å²) in [5, 5.41) is 1.20. The van der Waals surface area contributed by atoms with Crippen LogP contribution in [0.4, 0.5) is 0 Å². The molecule has 1 N–H and O–H groups in total. The van der Waals surface area contributed by atoms with Crippen LogP contribution in [0.5, 0.6) is 0 Å². The lowest BCUT2D eigenvalue weighted by atomic mass is 10.2. The molecule has 5 nitrogen and oxygen atoms in total. The van der Waals surface area contributed by atoms with Crippen molar-refractivity contribution in [1.82, 2.24) is 14.9 Å². The first kappa shape index (κ1) is 20.0. The SMILES string of the molecule is CCCCN(CCCC)C(=O)CSc1nc2sc(C)c(C)c2c(=O)[nH]1. The molecule has 7 heteroatoms. The van der Waals surface area contributed by atoms with Gasteiger partial charge in [-0.3, -0.25) is 9.59 Å². The van der Waals surface area contributed by atoms with Crippen LogP contribution in [-0.2, 0) is 4.79 Å². The van der Waals surface area contributed by atoms with Gasteiger partial charge in [0, 0.05) is 18.0 Å². The van der Waals surface area contributed by atoms with Crippen molar-refractivity contribution in [3.05, 3.63) is 20.8 Å². The molecule has 0 fully saturated rings. The highest BCUT2D eigenvalue weighted by atomic mass is 32.2. The number of hydrogen-bond donors (Lipinski definition) is 1. The van der Waals surface area contributed by atoms with E-state index in [1.807, 2.05) is 18.7 Å². The van der Waals surface area contributed by atoms with Crippen LogP contribution in [0.2, 0.25) is 0 Å². The second-order valence-corrected chi connectivity index (χ2v) is 8.38. The third-order valence-corrected chi connectivity index (χ3v) is 6.22. The third kappa shape index (κ3) is 5.07. The molecule has 0 saturated heterocycles. The summed E-state index contributed by atoms with van der Waals surface area (Å²) in [4.78, 5) is 36.0. The first-order valence-corrected chi connectivity index (χ1v) is 10.7. The number of hydrogen-bond acceptors (Lipinski definition) is 5. The minimum Gasteiger partial charge on any atom is -0.342 e. The highest BCUT2D eigenvalue weighted by Crippen LogP contribution is 2.27. The van der Waals surface area contributed by atoms with E-state index < -0.39 is 0 Å². The number of rotatable bonds is 9. The summed E-state index contributed by atoms with van der Waals surface area (Å²) >= 11 is 2.85. The van der Waals surface area contributed by atoms with Crippen molar-refractivity contribution in [1.29, 1.82) is 0 Å². The maximum absolute atomic E-state index is 12.5. The first-order valence-electron chi connectivity index (χ1n) is 8.88. The fraction of sp³-hybridized carbons (Fsp3) is 0.611. The number of thiophene rings is 1. The maximum atomic E-state index is 12.5. The summed E-state index contributed by atoms with van der Waals surface area (Å²) in [6, 6.07) is 0. The van der Waals surface area contributed by atoms with Crippen molar-refractivity contribution >= 4 is 39.2 Å². The Kier molecular flexibility index (Phi) is 7.50. The molecule has 2 heterocycles. The Balaban J connectivity index is 2.07. The van der Waals surface area contributed by atoms with Crippen molar-refractivity contribution < 1.29 is 4.79 Å². The zero-order chi connectivity index (χ0) is 18.4. The number of thioether (sulfide) groups is 1. The number of nitrogens with one attached hydrogen (secondary N) is 1. The number of aromatic amines is 1. The number of carbonyl (C=O) groups is 1. The second-order valence-electron chi connectivity index (χ2n) is 6.21. The molecule has 2 rings (SSSR count). The number of aryl methyl sites for hydroxylation is 2. The molecule has 0 radical (unpaired) electrons. The Morgan fingerprint density at radius 2 is 1.84 bits per heavy atom. The molecule has 0 spiro atoms. The summed E-state index contributed by atoms with van der Waals surface area (Å²) < 4.78 is 0. The summed E-state index contributed by atoms with van der Waals surface area (Å²) in [5.41, 5.74) is 0.877. The van der Waals surface area contributed by atoms with Crippen molar-refractivity contribution in [3.8, 4) is 0 Å². The number of carbonyl (C=O) groups excluding carboxylic acids is 1. The van der Waals surface area contributed by atoms with E-state index in [0.29, 0.717) is 16.3 Å². The Bertz CT molecular complexity index is 774. The maximum Gasteiger partial charge on any atom is 0.260 e. The van der Waals surface area contributed by atoms with Gasteiger partial charge in [-0.25, -0.2) is 4.98 Å². The highest BCUT2D eigenvalue weighted by molar-refractivity contribution is 7.99. The molecule has 0 aromatic carbocycles. The van der Waals surface area contributed by atoms with E-state index in [2.05, 4.69) is 23.8 Å². The van der Waals surface area contributed by atoms with Gasteiger partial charge in [-0.05, 0) is 32.3 Å². The number of aromatic nitrogens is 2. The highest BCUT2D eigenvalue weighted by Gasteiger charge is 2.16. The van der Waals surface area contributed by atoms with E-state index in [1.54, 1.807) is 0 Å². The molecule has 138 valence electrons. The zero-order valence-electron chi connectivity index (χ0n) is 15.5. The number of H-pyrrole nitrogens is 1. The van der Waals surface area contributed by atoms with Gasteiger partial charge in [0.25, 0.3) is 5.56 Å². The largest absolute Gasteiger partial charge is 0.342 e. The van der Waals surface area contributed by atoms with E-state index in [0.717, 1.165) is 54.0 Å². The number of unbranched alkanes of at least 4 members (excludes halogenated alkanes) is 2. The molecule has 2 aromatic heterocycles. The molecule has 0 saturated carbocycles. The quantitative estimate of drug-likeness (QED) is 0.524. The standard InChI is InChI=1S/C18H27N3O2S2/c1-5-7-9-21(10-8-6-2)14(22)11-24-18-19-16(23)15-12(3)13(4)25-17(15)20-18/h5-11H2,1-4H3,(H,19,20,23). The Hall–Kier alpha value is -1.34. The fourth-order valence-corrected chi connectivity index (χ4v) is 4.44. The van der Waals surface area contributed by atoms with Gasteiger partial charge < -0.3 is 9.88 Å². The van der Waals surface area contributed by atoms with Crippen LogP contribution in [0.25, 0.3) is 10.2 Å². The van der Waals surface area contributed by atoms with Gasteiger partial charge in [0.05, 0.1) is 11.1 Å². The predicted molar refractivity (Wildman–Crippen MR) is 107 cm³/mol. The first-order chi connectivity index (χ1) is 12.0. The monoisotopic (exact) mass is 381 g/mol. The normalized spacial score (nSPS) is 11.2. The Morgan fingerprint density at radius 1 is 1.20 bits per heavy atom. The predicted octanol–water partition coefficient (Wildman–Crippen LogP) is 4.12. The molecule has 0 aliphatic heterocycles. The second kappa shape index (κ2) is 9.38. The number of amides is 1. The Labute approximate surface area is 157 Å². The third-order valence-electron chi connectivity index (χ3n) is 4.27. The van der Waals surface area contributed by atoms with Gasteiger partial charge in [-0.15, -0.1) is 11.3 Å². The molecule has 0 aliphatic carbocycles. The topological polar surface area (TPSA) is 66.1 Å². The summed E-state index contributed by atoms with van der Waals surface area (Å²) in [7, 11) is 0. The van der Waals surface area contributed by atoms with E-state index in [1.165, 1.54) is 23.1 Å². The zero-order valence-corrected chi connectivity index (χ0v) is 17.1. The van der Waals surface area contributed by atoms with Gasteiger partial charge >= 0.3 is 0 Å². The molecule has 0 unspecified atom stereocenters. The lowest BCUT2D eigenvalue weighted by Crippen LogP contribution is -2.34. The van der Waals surface area contributed by atoms with Gasteiger partial charge in [-0.1, -0.05) is 38.5 Å². The van der Waals surface area contributed by atoms with Crippen LogP contribution in [0.15, 0.2) is 9.95 Å². The number of fused-ring (bicyclic) bond motifs is 1. The summed E-state index contributed by atoms with van der Waals surface area (Å²) in [6.45, 7) is 9.82. The molecule has 1 amide bonds. The van der Waals surface area contributed by atoms with Crippen LogP contribution in [0, 0.1) is 13.8 Å². The van der Waals surface area contributed by atoms with Crippen LogP contribution >= 0.6 is 23.1 Å². The lowest BCUT2D eigenvalue weighted by molar-refractivity contribution is -0.128. The summed E-state index contributed by atoms with van der Waals surface area (Å²) in [6.07, 6.45) is 4.20. The molecule has 25 heavy (non-hydrogen) atoms. The Morgan fingerprint density at radius 3 is 2.44 bits per heavy atom. The lowest BCUT2D eigenvalue weighted by Gasteiger charge is -2.22. The minimum absolute atomic E-state index is 0.115. The van der Waals surface area contributed by atoms with E-state index in [9.17, 15) is 9.59 Å². The van der Waals surface area contributed by atoms with Gasteiger partial charge in [0.15, 0.2) is 5.16 Å². The number of nitrogens with zero attached hydrogens (tertiary/aromatic N) is 2. The molecular weight excluding hydrogens is 354 g/mol. The molecular formula is C18H27N3O2S2. The van der Waals surface area contributed by atoms with Crippen molar-refractivity contribution in [3.63, 3.8) is 0 Å². The molecule has 0 atom stereocenters. The summed E-state index contributed by atoms with van der Waals surface area (Å²) in [5.74, 6) is 0.429. The van der Waals surface area contributed by atoms with Crippen LogP contribution < -0.4 is 5.56 Å². The van der Waals surface area contributed by atoms with Gasteiger partial charge in [0.1, 0.15) is 4.83 Å². The average Bonchev–Trinajstić information content (AvgIpc) is 2.87. The van der Waals surface area contributed by atoms with Crippen molar-refractivity contribution in [2.45, 2.75) is 58.5 Å². The van der Waals surface area contributed by atoms with Crippen molar-refractivity contribution in [2.24, 2.45) is 0 Å². The molecule has 2 aromatic rings. The van der Waals surface area contributed by atoms with Gasteiger partial charge in [0.2, 0.25) is 5.91 Å². The fourth-order valence-electron chi connectivity index (χ4n) is 2.58. The minimum atomic E-state index is -0.115. The van der Waals surface area contributed by atoms with Crippen LogP contribution in [-0.4, -0.2) is 39.6 Å².